The van der Waals surface area contributed by atoms with Gasteiger partial charge in [0.25, 0.3) is 10.0 Å². The third kappa shape index (κ3) is 4.51. The van der Waals surface area contributed by atoms with Crippen molar-refractivity contribution in [2.45, 2.75) is 24.9 Å². The molecule has 1 amide bonds. The summed E-state index contributed by atoms with van der Waals surface area (Å²) in [6.07, 6.45) is -4.78. The minimum absolute atomic E-state index is 0.0170. The maximum absolute atomic E-state index is 13.0. The summed E-state index contributed by atoms with van der Waals surface area (Å²) in [6, 6.07) is 6.02. The van der Waals surface area contributed by atoms with Crippen molar-refractivity contribution < 1.29 is 34.8 Å². The number of hydrogen-bond acceptors (Lipinski definition) is 5. The van der Waals surface area contributed by atoms with Crippen molar-refractivity contribution in [3.63, 3.8) is 0 Å². The Labute approximate surface area is 181 Å². The Balaban J connectivity index is 1.96. The van der Waals surface area contributed by atoms with Crippen LogP contribution in [0, 0.1) is 12.8 Å². The van der Waals surface area contributed by atoms with Crippen molar-refractivity contribution >= 4 is 48.9 Å². The van der Waals surface area contributed by atoms with Crippen LogP contribution in [0.1, 0.15) is 18.1 Å². The molecule has 1 atom stereocenters. The van der Waals surface area contributed by atoms with Crippen LogP contribution in [0.3, 0.4) is 0 Å². The summed E-state index contributed by atoms with van der Waals surface area (Å²) in [7, 11) is -8.20. The first-order valence-electron chi connectivity index (χ1n) is 8.70. The third-order valence-electron chi connectivity index (χ3n) is 4.57. The van der Waals surface area contributed by atoms with Crippen molar-refractivity contribution in [2.75, 3.05) is 14.8 Å². The van der Waals surface area contributed by atoms with E-state index in [1.54, 1.807) is 0 Å². The van der Waals surface area contributed by atoms with Gasteiger partial charge in [0.05, 0.1) is 32.8 Å². The number of hydrogen-bond donors (Lipinski definition) is 1. The lowest BCUT2D eigenvalue weighted by molar-refractivity contribution is -0.137. The molecule has 31 heavy (non-hydrogen) atoms. The minimum atomic E-state index is -4.78. The van der Waals surface area contributed by atoms with E-state index in [0.29, 0.717) is 10.4 Å². The summed E-state index contributed by atoms with van der Waals surface area (Å²) in [5, 5.41) is -0.582. The van der Waals surface area contributed by atoms with Crippen LogP contribution >= 0.6 is 11.6 Å². The van der Waals surface area contributed by atoms with E-state index in [1.807, 2.05) is 0 Å². The van der Waals surface area contributed by atoms with Crippen molar-refractivity contribution in [3.8, 4) is 0 Å². The van der Waals surface area contributed by atoms with Gasteiger partial charge in [0.2, 0.25) is 15.9 Å². The fraction of sp³-hybridized carbons (Fsp3) is 0.278. The zero-order chi connectivity index (χ0) is 23.4. The highest BCUT2D eigenvalue weighted by atomic mass is 35.5. The van der Waals surface area contributed by atoms with E-state index < -0.39 is 48.6 Å². The smallest absolute Gasteiger partial charge is 0.280 e. The van der Waals surface area contributed by atoms with Crippen LogP contribution in [-0.4, -0.2) is 28.5 Å². The first kappa shape index (κ1) is 23.4. The van der Waals surface area contributed by atoms with Gasteiger partial charge in [0, 0.05) is 5.69 Å². The Hall–Kier alpha value is -2.31. The lowest BCUT2D eigenvalue weighted by atomic mass is 10.2. The van der Waals surface area contributed by atoms with Gasteiger partial charge in [0.1, 0.15) is 0 Å². The molecule has 0 spiro atoms. The molecule has 0 aromatic heterocycles. The zero-order valence-corrected chi connectivity index (χ0v) is 18.5. The molecule has 168 valence electrons. The number of rotatable bonds is 4. The summed E-state index contributed by atoms with van der Waals surface area (Å²) in [5.41, 5.74) is -1.48. The summed E-state index contributed by atoms with van der Waals surface area (Å²) in [4.78, 5) is 11.9. The number of benzene rings is 2. The molecule has 7 nitrogen and oxygen atoms in total. The number of amides is 1. The highest BCUT2D eigenvalue weighted by Crippen LogP contribution is 2.37. The molecule has 1 N–H and O–H groups in total. The number of carbonyl (C=O) groups excluding carboxylic acids is 1. The Morgan fingerprint density at radius 1 is 1.16 bits per heavy atom. The quantitative estimate of drug-likeness (QED) is 0.694. The van der Waals surface area contributed by atoms with Crippen molar-refractivity contribution in [3.05, 3.63) is 52.5 Å². The maximum Gasteiger partial charge on any atom is 0.417 e. The fourth-order valence-electron chi connectivity index (χ4n) is 3.16. The molecule has 2 aromatic rings. The van der Waals surface area contributed by atoms with Crippen molar-refractivity contribution in [2.24, 2.45) is 5.92 Å². The fourth-order valence-corrected chi connectivity index (χ4v) is 6.48. The molecular weight excluding hydrogens is 481 g/mol. The number of carbonyl (C=O) groups is 1. The van der Waals surface area contributed by atoms with Gasteiger partial charge < -0.3 is 0 Å². The van der Waals surface area contributed by atoms with Gasteiger partial charge in [-0.3, -0.25) is 9.52 Å². The molecule has 2 aromatic carbocycles. The van der Waals surface area contributed by atoms with Gasteiger partial charge >= 0.3 is 6.18 Å². The molecule has 1 saturated heterocycles. The molecule has 0 bridgehead atoms. The highest BCUT2D eigenvalue weighted by Gasteiger charge is 2.42. The number of alkyl halides is 3. The first-order chi connectivity index (χ1) is 14.1. The van der Waals surface area contributed by atoms with Gasteiger partial charge in [-0.15, -0.1) is 0 Å². The molecule has 0 radical (unpaired) electrons. The predicted octanol–water partition coefficient (Wildman–Crippen LogP) is 3.78. The zero-order valence-electron chi connectivity index (χ0n) is 16.1. The van der Waals surface area contributed by atoms with Gasteiger partial charge in [-0.25, -0.2) is 21.1 Å². The average molecular weight is 497 g/mol. The van der Waals surface area contributed by atoms with Gasteiger partial charge in [0.15, 0.2) is 0 Å². The predicted molar refractivity (Wildman–Crippen MR) is 109 cm³/mol. The van der Waals surface area contributed by atoms with E-state index in [0.717, 1.165) is 24.3 Å². The Kier molecular flexibility index (Phi) is 5.78. The maximum atomic E-state index is 13.0. The van der Waals surface area contributed by atoms with Crippen molar-refractivity contribution in [1.29, 1.82) is 0 Å². The molecule has 1 fully saturated rings. The van der Waals surface area contributed by atoms with Crippen molar-refractivity contribution in [1.82, 2.24) is 0 Å². The second-order valence-corrected chi connectivity index (χ2v) is 11.0. The van der Waals surface area contributed by atoms with E-state index in [-0.39, 0.29) is 27.6 Å². The normalized spacial score (nSPS) is 19.0. The largest absolute Gasteiger partial charge is 0.417 e. The van der Waals surface area contributed by atoms with Crippen LogP contribution in [0.2, 0.25) is 5.02 Å². The summed E-state index contributed by atoms with van der Waals surface area (Å²) < 4.78 is 91.6. The minimum Gasteiger partial charge on any atom is -0.280 e. The highest BCUT2D eigenvalue weighted by molar-refractivity contribution is 7.94. The summed E-state index contributed by atoms with van der Waals surface area (Å²) >= 11 is 5.54. The molecule has 13 heteroatoms. The lowest BCUT2D eigenvalue weighted by Gasteiger charge is -2.18. The Bertz CT molecular complexity index is 1280. The number of nitrogens with zero attached hydrogens (tertiary/aromatic N) is 1. The van der Waals surface area contributed by atoms with Crippen LogP contribution in [-0.2, 0) is 31.0 Å². The molecule has 1 unspecified atom stereocenters. The number of nitrogens with one attached hydrogen (secondary N) is 1. The second kappa shape index (κ2) is 7.68. The number of aryl methyl sites for hydroxylation is 1. The van der Waals surface area contributed by atoms with Crippen LogP contribution in [0.4, 0.5) is 24.5 Å². The molecule has 0 saturated carbocycles. The average Bonchev–Trinajstić information content (AvgIpc) is 2.82. The Morgan fingerprint density at radius 3 is 2.32 bits per heavy atom. The molecule has 1 aliphatic heterocycles. The van der Waals surface area contributed by atoms with Crippen LogP contribution in [0.5, 0.6) is 0 Å². The third-order valence-corrected chi connectivity index (χ3v) is 8.31. The molecule has 0 aliphatic carbocycles. The van der Waals surface area contributed by atoms with E-state index in [9.17, 15) is 34.8 Å². The molecular formula is C18H16ClF3N2O5S2. The summed E-state index contributed by atoms with van der Waals surface area (Å²) in [5.74, 6) is -1.72. The monoisotopic (exact) mass is 496 g/mol. The second-order valence-electron chi connectivity index (χ2n) is 7.03. The topological polar surface area (TPSA) is 101 Å². The van der Waals surface area contributed by atoms with E-state index in [4.69, 9.17) is 11.6 Å². The van der Waals surface area contributed by atoms with E-state index in [1.165, 1.54) is 19.9 Å². The first-order valence-corrected chi connectivity index (χ1v) is 12.2. The van der Waals surface area contributed by atoms with Crippen LogP contribution < -0.4 is 9.03 Å². The van der Waals surface area contributed by atoms with Gasteiger partial charge in [-0.2, -0.15) is 13.2 Å². The van der Waals surface area contributed by atoms with E-state index in [2.05, 4.69) is 4.72 Å². The number of halogens is 4. The number of sulfonamides is 2. The van der Waals surface area contributed by atoms with Crippen LogP contribution in [0.15, 0.2) is 41.3 Å². The Morgan fingerprint density at radius 2 is 1.81 bits per heavy atom. The molecule has 3 rings (SSSR count). The standard InChI is InChI=1S/C18H16ClF3N2O5S2/c1-10-7-13(24-17(25)11(2)9-30(24,26)27)4-6-16(10)31(28,29)23-12-3-5-15(19)14(8-12)18(20,21)22/h3-8,11,23H,9H2,1-2H3. The SMILES string of the molecule is Cc1cc(N2C(=O)C(C)CS2(=O)=O)ccc1S(=O)(=O)Nc1ccc(Cl)c(C(F)(F)F)c1. The lowest BCUT2D eigenvalue weighted by Crippen LogP contribution is -2.30. The number of anilines is 2. The molecule has 1 heterocycles. The van der Waals surface area contributed by atoms with Gasteiger partial charge in [-0.1, -0.05) is 18.5 Å². The van der Waals surface area contributed by atoms with E-state index >= 15 is 0 Å². The summed E-state index contributed by atoms with van der Waals surface area (Å²) in [6.45, 7) is 2.84. The van der Waals surface area contributed by atoms with Gasteiger partial charge in [-0.05, 0) is 48.9 Å². The van der Waals surface area contributed by atoms with Crippen LogP contribution in [0.25, 0.3) is 0 Å². The molecule has 1 aliphatic rings.